The predicted molar refractivity (Wildman–Crippen MR) is 82.0 cm³/mol. The summed E-state index contributed by atoms with van der Waals surface area (Å²) in [5, 5.41) is 2.89. The number of nitrogens with one attached hydrogen (secondary N) is 1. The van der Waals surface area contributed by atoms with Crippen molar-refractivity contribution in [2.75, 3.05) is 19.8 Å². The number of ether oxygens (including phenoxy) is 1. The second kappa shape index (κ2) is 7.73. The van der Waals surface area contributed by atoms with E-state index in [1.165, 1.54) is 12.1 Å². The Balaban J connectivity index is 0.00000220. The van der Waals surface area contributed by atoms with E-state index >= 15 is 0 Å². The summed E-state index contributed by atoms with van der Waals surface area (Å²) in [6.45, 7) is 3.53. The number of hydrogen-bond donors (Lipinski definition) is 2. The zero-order chi connectivity index (χ0) is 14.6. The van der Waals surface area contributed by atoms with Gasteiger partial charge in [-0.05, 0) is 36.5 Å². The van der Waals surface area contributed by atoms with Crippen molar-refractivity contribution in [3.8, 4) is 0 Å². The van der Waals surface area contributed by atoms with E-state index in [-0.39, 0.29) is 30.0 Å². The monoisotopic (exact) mass is 316 g/mol. The van der Waals surface area contributed by atoms with Gasteiger partial charge in [-0.25, -0.2) is 4.39 Å². The number of carbonyl (C=O) groups excluding carboxylic acids is 1. The van der Waals surface area contributed by atoms with Crippen LogP contribution in [0, 0.1) is 5.82 Å². The molecule has 0 bridgehead atoms. The molecule has 0 radical (unpaired) electrons. The van der Waals surface area contributed by atoms with Crippen LogP contribution in [0.2, 0.25) is 0 Å². The standard InChI is InChI=1S/C15H21FN2O2.ClH/c1-11(12-2-4-13(16)5-3-12)10-18-14(19)15(17)6-8-20-9-7-15;/h2-5,11H,6-10,17H2,1H3,(H,18,19);1H. The Labute approximate surface area is 130 Å². The van der Waals surface area contributed by atoms with Crippen LogP contribution < -0.4 is 11.1 Å². The molecule has 1 atom stereocenters. The van der Waals surface area contributed by atoms with Crippen LogP contribution in [0.5, 0.6) is 0 Å². The average Bonchev–Trinajstić information content (AvgIpc) is 2.46. The molecule has 1 heterocycles. The first-order valence-corrected chi connectivity index (χ1v) is 6.92. The minimum Gasteiger partial charge on any atom is -0.381 e. The third-order valence-corrected chi connectivity index (χ3v) is 3.85. The molecule has 1 fully saturated rings. The summed E-state index contributed by atoms with van der Waals surface area (Å²) in [6.07, 6.45) is 1.09. The fourth-order valence-corrected chi connectivity index (χ4v) is 2.29. The van der Waals surface area contributed by atoms with Gasteiger partial charge in [0.05, 0.1) is 5.54 Å². The number of carbonyl (C=O) groups is 1. The van der Waals surface area contributed by atoms with Gasteiger partial charge >= 0.3 is 0 Å². The van der Waals surface area contributed by atoms with Gasteiger partial charge in [-0.2, -0.15) is 0 Å². The lowest BCUT2D eigenvalue weighted by Gasteiger charge is -2.32. The Kier molecular flexibility index (Phi) is 6.58. The molecule has 0 saturated carbocycles. The van der Waals surface area contributed by atoms with Crippen LogP contribution in [0.4, 0.5) is 4.39 Å². The Morgan fingerprint density at radius 3 is 2.52 bits per heavy atom. The Bertz CT molecular complexity index is 461. The minimum atomic E-state index is -0.819. The molecule has 3 N–H and O–H groups in total. The van der Waals surface area contributed by atoms with Crippen molar-refractivity contribution >= 4 is 18.3 Å². The molecular formula is C15H22ClFN2O2. The van der Waals surface area contributed by atoms with Crippen LogP contribution in [0.3, 0.4) is 0 Å². The average molecular weight is 317 g/mol. The van der Waals surface area contributed by atoms with Gasteiger partial charge in [0.15, 0.2) is 0 Å². The maximum absolute atomic E-state index is 12.9. The zero-order valence-electron chi connectivity index (χ0n) is 12.1. The van der Waals surface area contributed by atoms with Crippen LogP contribution in [-0.2, 0) is 9.53 Å². The van der Waals surface area contributed by atoms with Gasteiger partial charge in [0.2, 0.25) is 5.91 Å². The summed E-state index contributed by atoms with van der Waals surface area (Å²) in [5.74, 6) is -0.272. The van der Waals surface area contributed by atoms with Crippen molar-refractivity contribution in [3.05, 3.63) is 35.6 Å². The van der Waals surface area contributed by atoms with Gasteiger partial charge in [-0.3, -0.25) is 4.79 Å². The highest BCUT2D eigenvalue weighted by Crippen LogP contribution is 2.19. The fraction of sp³-hybridized carbons (Fsp3) is 0.533. The van der Waals surface area contributed by atoms with Crippen molar-refractivity contribution < 1.29 is 13.9 Å². The van der Waals surface area contributed by atoms with Gasteiger partial charge < -0.3 is 15.8 Å². The molecule has 0 aromatic heterocycles. The molecule has 118 valence electrons. The van der Waals surface area contributed by atoms with E-state index in [4.69, 9.17) is 10.5 Å². The quantitative estimate of drug-likeness (QED) is 0.892. The number of amides is 1. The molecule has 4 nitrogen and oxygen atoms in total. The topological polar surface area (TPSA) is 64.4 Å². The molecule has 2 rings (SSSR count). The van der Waals surface area contributed by atoms with E-state index in [9.17, 15) is 9.18 Å². The maximum atomic E-state index is 12.9. The summed E-state index contributed by atoms with van der Waals surface area (Å²) >= 11 is 0. The first-order valence-electron chi connectivity index (χ1n) is 6.92. The Hall–Kier alpha value is -1.17. The fourth-order valence-electron chi connectivity index (χ4n) is 2.29. The summed E-state index contributed by atoms with van der Waals surface area (Å²) in [7, 11) is 0. The van der Waals surface area contributed by atoms with Crippen molar-refractivity contribution in [2.24, 2.45) is 5.73 Å². The molecule has 0 aliphatic carbocycles. The highest BCUT2D eigenvalue weighted by Gasteiger charge is 2.35. The summed E-state index contributed by atoms with van der Waals surface area (Å²) < 4.78 is 18.1. The molecule has 1 amide bonds. The van der Waals surface area contributed by atoms with Crippen LogP contribution in [0.25, 0.3) is 0 Å². The van der Waals surface area contributed by atoms with E-state index in [1.807, 2.05) is 6.92 Å². The van der Waals surface area contributed by atoms with Gasteiger partial charge in [-0.15, -0.1) is 12.4 Å². The van der Waals surface area contributed by atoms with Crippen molar-refractivity contribution in [2.45, 2.75) is 31.2 Å². The second-order valence-electron chi connectivity index (χ2n) is 5.43. The smallest absolute Gasteiger partial charge is 0.240 e. The van der Waals surface area contributed by atoms with Gasteiger partial charge in [0, 0.05) is 19.8 Å². The first-order chi connectivity index (χ1) is 9.51. The molecule has 1 aromatic carbocycles. The summed E-state index contributed by atoms with van der Waals surface area (Å²) in [4.78, 5) is 12.2. The molecule has 1 aliphatic rings. The minimum absolute atomic E-state index is 0. The number of hydrogen-bond acceptors (Lipinski definition) is 3. The van der Waals surface area contributed by atoms with Gasteiger partial charge in [0.25, 0.3) is 0 Å². The predicted octanol–water partition coefficient (Wildman–Crippen LogP) is 1.98. The van der Waals surface area contributed by atoms with E-state index in [2.05, 4.69) is 5.32 Å². The lowest BCUT2D eigenvalue weighted by Crippen LogP contribution is -2.57. The highest BCUT2D eigenvalue weighted by molar-refractivity contribution is 5.86. The zero-order valence-corrected chi connectivity index (χ0v) is 12.9. The summed E-state index contributed by atoms with van der Waals surface area (Å²) in [6, 6.07) is 6.32. The summed E-state index contributed by atoms with van der Waals surface area (Å²) in [5.41, 5.74) is 6.28. The number of rotatable bonds is 4. The molecule has 0 spiro atoms. The SMILES string of the molecule is CC(CNC(=O)C1(N)CCOCC1)c1ccc(F)cc1.Cl. The van der Waals surface area contributed by atoms with E-state index in [0.29, 0.717) is 32.6 Å². The van der Waals surface area contributed by atoms with Crippen molar-refractivity contribution in [3.63, 3.8) is 0 Å². The third-order valence-electron chi connectivity index (χ3n) is 3.85. The normalized spacial score (nSPS) is 18.4. The third kappa shape index (κ3) is 4.66. The van der Waals surface area contributed by atoms with Crippen LogP contribution in [0.15, 0.2) is 24.3 Å². The van der Waals surface area contributed by atoms with Crippen molar-refractivity contribution in [1.82, 2.24) is 5.32 Å². The van der Waals surface area contributed by atoms with E-state index in [0.717, 1.165) is 5.56 Å². The molecule has 1 unspecified atom stereocenters. The Morgan fingerprint density at radius 1 is 1.38 bits per heavy atom. The molecule has 6 heteroatoms. The highest BCUT2D eigenvalue weighted by atomic mass is 35.5. The molecule has 1 saturated heterocycles. The van der Waals surface area contributed by atoms with Crippen LogP contribution in [-0.4, -0.2) is 31.2 Å². The van der Waals surface area contributed by atoms with E-state index < -0.39 is 5.54 Å². The van der Waals surface area contributed by atoms with E-state index in [1.54, 1.807) is 12.1 Å². The second-order valence-corrected chi connectivity index (χ2v) is 5.43. The number of halogens is 2. The molecular weight excluding hydrogens is 295 g/mol. The van der Waals surface area contributed by atoms with Gasteiger partial charge in [0.1, 0.15) is 5.82 Å². The van der Waals surface area contributed by atoms with Crippen LogP contribution in [0.1, 0.15) is 31.2 Å². The molecule has 1 aliphatic heterocycles. The number of benzene rings is 1. The maximum Gasteiger partial charge on any atom is 0.240 e. The van der Waals surface area contributed by atoms with Crippen molar-refractivity contribution in [1.29, 1.82) is 0 Å². The van der Waals surface area contributed by atoms with Gasteiger partial charge in [-0.1, -0.05) is 19.1 Å². The Morgan fingerprint density at radius 2 is 1.95 bits per heavy atom. The molecule has 1 aromatic rings. The lowest BCUT2D eigenvalue weighted by molar-refractivity contribution is -0.129. The van der Waals surface area contributed by atoms with Crippen LogP contribution >= 0.6 is 12.4 Å². The number of nitrogens with two attached hydrogens (primary N) is 1. The molecule has 21 heavy (non-hydrogen) atoms. The first kappa shape index (κ1) is 17.9. The largest absolute Gasteiger partial charge is 0.381 e. The lowest BCUT2D eigenvalue weighted by atomic mass is 9.90.